The lowest BCUT2D eigenvalue weighted by molar-refractivity contribution is -0.117. The molecule has 5 nitrogen and oxygen atoms in total. The van der Waals surface area contributed by atoms with Crippen molar-refractivity contribution in [3.63, 3.8) is 0 Å². The number of carbonyl (C=O) groups excluding carboxylic acids is 2. The van der Waals surface area contributed by atoms with E-state index in [1.807, 2.05) is 0 Å². The first kappa shape index (κ1) is 16.4. The fourth-order valence-corrected chi connectivity index (χ4v) is 2.60. The van der Waals surface area contributed by atoms with Crippen molar-refractivity contribution in [2.24, 2.45) is 11.7 Å². The van der Waals surface area contributed by atoms with Crippen LogP contribution < -0.4 is 11.1 Å². The van der Waals surface area contributed by atoms with Crippen LogP contribution in [-0.4, -0.2) is 36.3 Å². The molecule has 2 rings (SSSR count). The Hall–Kier alpha value is -1.95. The van der Waals surface area contributed by atoms with Gasteiger partial charge in [-0.15, -0.1) is 0 Å². The van der Waals surface area contributed by atoms with Gasteiger partial charge in [-0.1, -0.05) is 6.92 Å². The summed E-state index contributed by atoms with van der Waals surface area (Å²) in [6.45, 7) is 5.82. The number of anilines is 1. The van der Waals surface area contributed by atoms with Crippen LogP contribution in [0.2, 0.25) is 0 Å². The number of rotatable bonds is 4. The summed E-state index contributed by atoms with van der Waals surface area (Å²) < 4.78 is 13.5. The first-order valence-corrected chi connectivity index (χ1v) is 7.49. The summed E-state index contributed by atoms with van der Waals surface area (Å²) in [4.78, 5) is 25.6. The van der Waals surface area contributed by atoms with Crippen molar-refractivity contribution in [3.05, 3.63) is 29.1 Å². The number of nitrogens with one attached hydrogen (secondary N) is 1. The Morgan fingerprint density at radius 1 is 1.36 bits per heavy atom. The Kier molecular flexibility index (Phi) is 5.13. The number of likely N-dealkylation sites (tertiary alicyclic amines) is 1. The van der Waals surface area contributed by atoms with Gasteiger partial charge in [0.1, 0.15) is 5.82 Å². The van der Waals surface area contributed by atoms with Gasteiger partial charge in [0.2, 0.25) is 5.91 Å². The van der Waals surface area contributed by atoms with Crippen molar-refractivity contribution < 1.29 is 14.0 Å². The quantitative estimate of drug-likeness (QED) is 0.892. The number of primary amides is 1. The number of aryl methyl sites for hydroxylation is 1. The number of piperidine rings is 1. The van der Waals surface area contributed by atoms with Gasteiger partial charge in [-0.25, -0.2) is 4.39 Å². The molecule has 0 aromatic heterocycles. The zero-order valence-electron chi connectivity index (χ0n) is 13.0. The second kappa shape index (κ2) is 6.87. The average Bonchev–Trinajstić information content (AvgIpc) is 2.44. The highest BCUT2D eigenvalue weighted by Crippen LogP contribution is 2.21. The van der Waals surface area contributed by atoms with Crippen LogP contribution in [0.25, 0.3) is 0 Å². The lowest BCUT2D eigenvalue weighted by Gasteiger charge is -2.29. The molecule has 0 radical (unpaired) electrons. The molecule has 22 heavy (non-hydrogen) atoms. The Bertz CT molecular complexity index is 581. The van der Waals surface area contributed by atoms with Crippen LogP contribution in [0.1, 0.15) is 35.7 Å². The molecule has 1 aromatic rings. The molecule has 1 saturated heterocycles. The molecule has 0 atom stereocenters. The summed E-state index contributed by atoms with van der Waals surface area (Å²) in [6, 6.07) is 2.50. The predicted molar refractivity (Wildman–Crippen MR) is 83.1 cm³/mol. The van der Waals surface area contributed by atoms with E-state index in [4.69, 9.17) is 5.73 Å². The van der Waals surface area contributed by atoms with Crippen molar-refractivity contribution in [2.45, 2.75) is 26.7 Å². The van der Waals surface area contributed by atoms with E-state index >= 15 is 0 Å². The maximum Gasteiger partial charge on any atom is 0.250 e. The van der Waals surface area contributed by atoms with Gasteiger partial charge in [0.05, 0.1) is 17.8 Å². The van der Waals surface area contributed by atoms with Crippen LogP contribution in [-0.2, 0) is 4.79 Å². The van der Waals surface area contributed by atoms with Crippen LogP contribution in [0.3, 0.4) is 0 Å². The second-order valence-electron chi connectivity index (χ2n) is 6.02. The third kappa shape index (κ3) is 4.04. The summed E-state index contributed by atoms with van der Waals surface area (Å²) >= 11 is 0. The smallest absolute Gasteiger partial charge is 0.250 e. The Morgan fingerprint density at radius 2 is 2.00 bits per heavy atom. The highest BCUT2D eigenvalue weighted by atomic mass is 19.1. The van der Waals surface area contributed by atoms with Gasteiger partial charge in [0.25, 0.3) is 5.91 Å². The third-order valence-electron chi connectivity index (χ3n) is 4.08. The number of amides is 2. The molecular formula is C16H22FN3O2. The molecule has 0 spiro atoms. The van der Waals surface area contributed by atoms with E-state index in [9.17, 15) is 14.0 Å². The van der Waals surface area contributed by atoms with Gasteiger partial charge in [0, 0.05) is 0 Å². The number of carbonyl (C=O) groups is 2. The van der Waals surface area contributed by atoms with E-state index in [1.165, 1.54) is 6.07 Å². The van der Waals surface area contributed by atoms with E-state index in [1.54, 1.807) is 6.92 Å². The minimum Gasteiger partial charge on any atom is -0.366 e. The number of hydrogen-bond donors (Lipinski definition) is 2. The van der Waals surface area contributed by atoms with Gasteiger partial charge in [0.15, 0.2) is 0 Å². The molecule has 0 bridgehead atoms. The molecule has 2 amide bonds. The molecule has 1 heterocycles. The minimum absolute atomic E-state index is 0.0104. The van der Waals surface area contributed by atoms with Gasteiger partial charge in [-0.05, 0) is 56.5 Å². The first-order valence-electron chi connectivity index (χ1n) is 7.49. The molecule has 1 aliphatic heterocycles. The SMILES string of the molecule is Cc1cc(NC(=O)CN2CCC(C)CC2)c(C(N)=O)cc1F. The fourth-order valence-electron chi connectivity index (χ4n) is 2.60. The molecule has 1 aromatic carbocycles. The normalized spacial score (nSPS) is 16.5. The number of nitrogens with two attached hydrogens (primary N) is 1. The highest BCUT2D eigenvalue weighted by Gasteiger charge is 2.19. The molecule has 3 N–H and O–H groups in total. The summed E-state index contributed by atoms with van der Waals surface area (Å²) in [7, 11) is 0. The maximum atomic E-state index is 13.5. The summed E-state index contributed by atoms with van der Waals surface area (Å²) in [6.07, 6.45) is 2.16. The Labute approximate surface area is 129 Å². The largest absolute Gasteiger partial charge is 0.366 e. The topological polar surface area (TPSA) is 75.4 Å². The zero-order chi connectivity index (χ0) is 16.3. The molecule has 6 heteroatoms. The second-order valence-corrected chi connectivity index (χ2v) is 6.02. The Balaban J connectivity index is 2.05. The summed E-state index contributed by atoms with van der Waals surface area (Å²) in [5.41, 5.74) is 5.85. The first-order chi connectivity index (χ1) is 10.4. The van der Waals surface area contributed by atoms with Crippen molar-refractivity contribution >= 4 is 17.5 Å². The third-order valence-corrected chi connectivity index (χ3v) is 4.08. The van der Waals surface area contributed by atoms with Crippen molar-refractivity contribution in [1.29, 1.82) is 0 Å². The monoisotopic (exact) mass is 307 g/mol. The van der Waals surface area contributed by atoms with E-state index in [0.29, 0.717) is 11.5 Å². The van der Waals surface area contributed by atoms with E-state index in [-0.39, 0.29) is 23.7 Å². The Morgan fingerprint density at radius 3 is 2.59 bits per heavy atom. The molecular weight excluding hydrogens is 285 g/mol. The van der Waals surface area contributed by atoms with E-state index in [2.05, 4.69) is 17.1 Å². The highest BCUT2D eigenvalue weighted by molar-refractivity contribution is 6.03. The van der Waals surface area contributed by atoms with Gasteiger partial charge >= 0.3 is 0 Å². The standard InChI is InChI=1S/C16H22FN3O2/c1-10-3-5-20(6-4-10)9-15(21)19-14-7-11(2)13(17)8-12(14)16(18)22/h7-8,10H,3-6,9H2,1-2H3,(H2,18,22)(H,19,21). The van der Waals surface area contributed by atoms with Crippen molar-refractivity contribution in [3.8, 4) is 0 Å². The van der Waals surface area contributed by atoms with Crippen molar-refractivity contribution in [1.82, 2.24) is 4.90 Å². The van der Waals surface area contributed by atoms with E-state index < -0.39 is 11.7 Å². The summed E-state index contributed by atoms with van der Waals surface area (Å²) in [5, 5.41) is 2.67. The molecule has 1 aliphatic rings. The molecule has 1 fully saturated rings. The average molecular weight is 307 g/mol. The molecule has 0 saturated carbocycles. The molecule has 120 valence electrons. The molecule has 0 unspecified atom stereocenters. The predicted octanol–water partition coefficient (Wildman–Crippen LogP) is 1.90. The van der Waals surface area contributed by atoms with Crippen LogP contribution in [0.4, 0.5) is 10.1 Å². The molecule has 0 aliphatic carbocycles. The fraction of sp³-hybridized carbons (Fsp3) is 0.500. The van der Waals surface area contributed by atoms with Crippen LogP contribution in [0, 0.1) is 18.7 Å². The lowest BCUT2D eigenvalue weighted by atomic mass is 9.99. The number of halogens is 1. The lowest BCUT2D eigenvalue weighted by Crippen LogP contribution is -2.39. The van der Waals surface area contributed by atoms with Gasteiger partial charge < -0.3 is 11.1 Å². The minimum atomic E-state index is -0.763. The van der Waals surface area contributed by atoms with Crippen LogP contribution >= 0.6 is 0 Å². The number of hydrogen-bond acceptors (Lipinski definition) is 3. The number of benzene rings is 1. The van der Waals surface area contributed by atoms with Gasteiger partial charge in [-0.3, -0.25) is 14.5 Å². The van der Waals surface area contributed by atoms with Crippen molar-refractivity contribution in [2.75, 3.05) is 25.0 Å². The van der Waals surface area contributed by atoms with Crippen LogP contribution in [0.5, 0.6) is 0 Å². The zero-order valence-corrected chi connectivity index (χ0v) is 13.0. The van der Waals surface area contributed by atoms with E-state index in [0.717, 1.165) is 32.0 Å². The van der Waals surface area contributed by atoms with Crippen LogP contribution in [0.15, 0.2) is 12.1 Å². The van der Waals surface area contributed by atoms with Gasteiger partial charge in [-0.2, -0.15) is 0 Å². The maximum absolute atomic E-state index is 13.5. The number of nitrogens with zero attached hydrogens (tertiary/aromatic N) is 1. The summed E-state index contributed by atoms with van der Waals surface area (Å²) in [5.74, 6) is -0.804.